The van der Waals surface area contributed by atoms with E-state index >= 15 is 0 Å². The van der Waals surface area contributed by atoms with Crippen molar-refractivity contribution >= 4 is 37.7 Å². The van der Waals surface area contributed by atoms with Gasteiger partial charge in [0, 0.05) is 37.7 Å². The summed E-state index contributed by atoms with van der Waals surface area (Å²) in [6.07, 6.45) is 0. The summed E-state index contributed by atoms with van der Waals surface area (Å²) >= 11 is 0. The quantitative estimate of drug-likeness (QED) is 0.612. The van der Waals surface area contributed by atoms with E-state index in [2.05, 4.69) is 48.5 Å². The van der Waals surface area contributed by atoms with Gasteiger partial charge in [0.15, 0.2) is 0 Å². The van der Waals surface area contributed by atoms with Crippen molar-refractivity contribution in [3.8, 4) is 11.1 Å². The van der Waals surface area contributed by atoms with Crippen LogP contribution in [0.2, 0.25) is 0 Å². The van der Waals surface area contributed by atoms with Crippen molar-refractivity contribution in [3.05, 3.63) is 60.7 Å². The minimum atomic E-state index is 0. The van der Waals surface area contributed by atoms with E-state index in [0.29, 0.717) is 0 Å². The van der Waals surface area contributed by atoms with Crippen LogP contribution in [0.4, 0.5) is 0 Å². The molecule has 13 heavy (non-hydrogen) atoms. The van der Waals surface area contributed by atoms with Crippen LogP contribution in [0.5, 0.6) is 0 Å². The van der Waals surface area contributed by atoms with Crippen molar-refractivity contribution in [2.24, 2.45) is 0 Å². The van der Waals surface area contributed by atoms with Crippen molar-refractivity contribution in [2.75, 3.05) is 0 Å². The second kappa shape index (κ2) is 5.43. The van der Waals surface area contributed by atoms with E-state index in [1.165, 1.54) is 11.1 Å². The molecule has 2 aromatic rings. The third-order valence-corrected chi connectivity index (χ3v) is 1.88. The number of hydrogen-bond donors (Lipinski definition) is 0. The molecule has 2 radical (unpaired) electrons. The summed E-state index contributed by atoms with van der Waals surface area (Å²) in [5, 5.41) is 0. The van der Waals surface area contributed by atoms with Gasteiger partial charge in [0.2, 0.25) is 0 Å². The van der Waals surface area contributed by atoms with E-state index < -0.39 is 0 Å². The second-order valence-electron chi connectivity index (χ2n) is 2.73. The van der Waals surface area contributed by atoms with E-state index in [9.17, 15) is 0 Å². The molecule has 60 valence electrons. The number of hydrogen-bond acceptors (Lipinski definition) is 0. The fourth-order valence-corrected chi connectivity index (χ4v) is 1.26. The molecular weight excluding hydrogens is 184 g/mol. The third-order valence-electron chi connectivity index (χ3n) is 1.88. The van der Waals surface area contributed by atoms with Crippen LogP contribution in [0.25, 0.3) is 11.1 Å². The smallest absolute Gasteiger partial charge is 0 e. The molecule has 0 fully saturated rings. The monoisotopic (exact) mass is 194 g/mol. The van der Waals surface area contributed by atoms with Gasteiger partial charge in [-0.1, -0.05) is 60.7 Å². The number of benzene rings is 2. The van der Waals surface area contributed by atoms with Gasteiger partial charge in [0.05, 0.1) is 0 Å². The van der Waals surface area contributed by atoms with Crippen molar-refractivity contribution < 1.29 is 0 Å². The molecule has 0 spiro atoms. The Morgan fingerprint density at radius 2 is 0.769 bits per heavy atom. The summed E-state index contributed by atoms with van der Waals surface area (Å²) in [4.78, 5) is 0. The fraction of sp³-hybridized carbons (Fsp3) is 0. The molecule has 2 rings (SSSR count). The maximum absolute atomic E-state index is 2.12. The molecular formula is C12H10Ca. The van der Waals surface area contributed by atoms with Crippen LogP contribution in [0.3, 0.4) is 0 Å². The van der Waals surface area contributed by atoms with Crippen LogP contribution in [-0.2, 0) is 0 Å². The summed E-state index contributed by atoms with van der Waals surface area (Å²) < 4.78 is 0. The molecule has 0 saturated carbocycles. The molecule has 0 atom stereocenters. The van der Waals surface area contributed by atoms with Crippen LogP contribution in [0.15, 0.2) is 60.7 Å². The Balaban J connectivity index is 0.000000845. The fourth-order valence-electron chi connectivity index (χ4n) is 1.26. The predicted molar refractivity (Wildman–Crippen MR) is 57.6 cm³/mol. The van der Waals surface area contributed by atoms with E-state index in [4.69, 9.17) is 0 Å². The molecule has 0 N–H and O–H groups in total. The molecule has 0 aromatic heterocycles. The minimum absolute atomic E-state index is 0. The molecule has 0 aliphatic rings. The zero-order valence-corrected chi connectivity index (χ0v) is 9.69. The normalized spacial score (nSPS) is 8.92. The van der Waals surface area contributed by atoms with Gasteiger partial charge in [0.1, 0.15) is 0 Å². The maximum Gasteiger partial charge on any atom is 0 e. The first-order chi connectivity index (χ1) is 5.97. The van der Waals surface area contributed by atoms with Crippen molar-refractivity contribution in [2.45, 2.75) is 0 Å². The Kier molecular flexibility index (Phi) is 4.51. The van der Waals surface area contributed by atoms with Crippen molar-refractivity contribution in [3.63, 3.8) is 0 Å². The van der Waals surface area contributed by atoms with Gasteiger partial charge >= 0.3 is 0 Å². The van der Waals surface area contributed by atoms with E-state index in [0.717, 1.165) is 0 Å². The molecule has 0 unspecified atom stereocenters. The topological polar surface area (TPSA) is 0 Å². The molecule has 2 aromatic carbocycles. The Hall–Kier alpha value is -0.300. The molecule has 0 aliphatic carbocycles. The van der Waals surface area contributed by atoms with Gasteiger partial charge in [-0.2, -0.15) is 0 Å². The molecule has 0 bridgehead atoms. The van der Waals surface area contributed by atoms with Gasteiger partial charge in [-0.05, 0) is 11.1 Å². The van der Waals surface area contributed by atoms with E-state index in [1.54, 1.807) is 0 Å². The van der Waals surface area contributed by atoms with Crippen molar-refractivity contribution in [1.29, 1.82) is 0 Å². The largest absolute Gasteiger partial charge is 0.0622 e. The molecule has 0 amide bonds. The van der Waals surface area contributed by atoms with E-state index in [1.807, 2.05) is 12.1 Å². The van der Waals surface area contributed by atoms with Crippen LogP contribution in [0.1, 0.15) is 0 Å². The molecule has 0 nitrogen and oxygen atoms in total. The zero-order chi connectivity index (χ0) is 8.23. The SMILES string of the molecule is [Ca].c1ccc(-c2ccccc2)cc1. The summed E-state index contributed by atoms with van der Waals surface area (Å²) in [5.41, 5.74) is 2.55. The molecule has 0 aliphatic heterocycles. The van der Waals surface area contributed by atoms with Crippen LogP contribution >= 0.6 is 0 Å². The summed E-state index contributed by atoms with van der Waals surface area (Å²) in [7, 11) is 0. The van der Waals surface area contributed by atoms with Crippen molar-refractivity contribution in [1.82, 2.24) is 0 Å². The van der Waals surface area contributed by atoms with Gasteiger partial charge in [0.25, 0.3) is 0 Å². The Labute approximate surface area is 109 Å². The van der Waals surface area contributed by atoms with Gasteiger partial charge in [-0.3, -0.25) is 0 Å². The molecule has 0 heterocycles. The first-order valence-electron chi connectivity index (χ1n) is 4.07. The molecule has 1 heteroatoms. The van der Waals surface area contributed by atoms with Gasteiger partial charge in [-0.25, -0.2) is 0 Å². The zero-order valence-electron chi connectivity index (χ0n) is 7.48. The molecule has 0 saturated heterocycles. The summed E-state index contributed by atoms with van der Waals surface area (Å²) in [5.74, 6) is 0. The van der Waals surface area contributed by atoms with Gasteiger partial charge in [-0.15, -0.1) is 0 Å². The Morgan fingerprint density at radius 3 is 1.08 bits per heavy atom. The van der Waals surface area contributed by atoms with Crippen LogP contribution < -0.4 is 0 Å². The first kappa shape index (κ1) is 10.8. The average Bonchev–Trinajstić information content (AvgIpc) is 2.21. The van der Waals surface area contributed by atoms with Crippen LogP contribution in [-0.4, -0.2) is 37.7 Å². The Bertz CT molecular complexity index is 303. The summed E-state index contributed by atoms with van der Waals surface area (Å²) in [6.45, 7) is 0. The maximum atomic E-state index is 2.12. The predicted octanol–water partition coefficient (Wildman–Crippen LogP) is 2.97. The standard InChI is InChI=1S/C12H10.Ca/c1-3-7-11(8-4-1)12-9-5-2-6-10-12;/h1-10H;. The van der Waals surface area contributed by atoms with Gasteiger partial charge < -0.3 is 0 Å². The second-order valence-corrected chi connectivity index (χ2v) is 2.73. The third kappa shape index (κ3) is 2.84. The van der Waals surface area contributed by atoms with Crippen LogP contribution in [0, 0.1) is 0 Å². The minimum Gasteiger partial charge on any atom is -0.0622 e. The first-order valence-corrected chi connectivity index (χ1v) is 4.07. The average molecular weight is 194 g/mol. The number of rotatable bonds is 1. The Morgan fingerprint density at radius 1 is 0.462 bits per heavy atom. The van der Waals surface area contributed by atoms with E-state index in [-0.39, 0.29) is 37.7 Å². The summed E-state index contributed by atoms with van der Waals surface area (Å²) in [6, 6.07) is 20.8.